The monoisotopic (exact) mass is 282 g/mol. The molecule has 0 fully saturated rings. The normalized spacial score (nSPS) is 9.06. The minimum absolute atomic E-state index is 0.235. The van der Waals surface area contributed by atoms with E-state index in [2.05, 4.69) is 27.5 Å². The first-order valence-corrected chi connectivity index (χ1v) is 6.43. The number of thiazole rings is 1. The Morgan fingerprint density at radius 2 is 2.17 bits per heavy atom. The van der Waals surface area contributed by atoms with E-state index in [1.807, 2.05) is 19.9 Å². The van der Waals surface area contributed by atoms with Gasteiger partial charge in [-0.3, -0.25) is 4.98 Å². The average molecular weight is 282 g/mol. The number of nitriles is 1. The summed E-state index contributed by atoms with van der Waals surface area (Å²) in [4.78, 5) is 7.77. The zero-order chi connectivity index (χ0) is 13.5. The summed E-state index contributed by atoms with van der Waals surface area (Å²) in [6.45, 7) is 4.00. The number of nitrogens with one attached hydrogen (secondary N) is 1. The summed E-state index contributed by atoms with van der Waals surface area (Å²) in [6, 6.07) is 3.24. The van der Waals surface area contributed by atoms with Crippen molar-refractivity contribution in [2.75, 3.05) is 4.72 Å². The fourth-order valence-electron chi connectivity index (χ4n) is 1.12. The topological polar surface area (TPSA) is 61.6 Å². The molecule has 0 aromatic carbocycles. The number of anilines is 1. The average Bonchev–Trinajstić information content (AvgIpc) is 2.84. The number of halogens is 1. The molecule has 94 valence electrons. The van der Waals surface area contributed by atoms with Crippen molar-refractivity contribution in [2.45, 2.75) is 13.8 Å². The van der Waals surface area contributed by atoms with E-state index >= 15 is 0 Å². The van der Waals surface area contributed by atoms with Gasteiger partial charge in [0.1, 0.15) is 21.9 Å². The molecule has 0 bridgehead atoms. The van der Waals surface area contributed by atoms with E-state index in [-0.39, 0.29) is 5.69 Å². The lowest BCUT2D eigenvalue weighted by atomic mass is 10.3. The Kier molecular flexibility index (Phi) is 5.55. The number of aromatic nitrogens is 2. The Balaban J connectivity index is 0.000000771. The highest BCUT2D eigenvalue weighted by Gasteiger charge is 2.11. The third-order valence-electron chi connectivity index (χ3n) is 1.79. The van der Waals surface area contributed by atoms with Crippen LogP contribution >= 0.6 is 24.2 Å². The molecule has 0 saturated heterocycles. The first kappa shape index (κ1) is 14.4. The minimum Gasteiger partial charge on any atom is -0.322 e. The molecular weight excluding hydrogens is 271 g/mol. The highest BCUT2D eigenvalue weighted by Crippen LogP contribution is 2.31. The van der Waals surface area contributed by atoms with Gasteiger partial charge in [-0.25, -0.2) is 9.37 Å². The fraction of sp³-hybridized carbons (Fsp3) is 0.182. The second kappa shape index (κ2) is 6.93. The van der Waals surface area contributed by atoms with E-state index in [9.17, 15) is 4.39 Å². The van der Waals surface area contributed by atoms with Crippen LogP contribution in [0.4, 0.5) is 9.39 Å². The van der Waals surface area contributed by atoms with Crippen molar-refractivity contribution >= 4 is 29.2 Å². The molecule has 0 aliphatic heterocycles. The SMILES string of the molecule is CC.N#Cc1nc(-c2cncc(F)c2)sc1NS. The van der Waals surface area contributed by atoms with Gasteiger partial charge in [-0.05, 0) is 6.07 Å². The van der Waals surface area contributed by atoms with Gasteiger partial charge < -0.3 is 4.72 Å². The molecule has 18 heavy (non-hydrogen) atoms. The van der Waals surface area contributed by atoms with Gasteiger partial charge in [-0.2, -0.15) is 5.26 Å². The molecule has 0 saturated carbocycles. The van der Waals surface area contributed by atoms with Gasteiger partial charge in [0.25, 0.3) is 0 Å². The van der Waals surface area contributed by atoms with Crippen molar-refractivity contribution in [3.8, 4) is 16.6 Å². The van der Waals surface area contributed by atoms with E-state index in [0.717, 1.165) is 6.20 Å². The zero-order valence-corrected chi connectivity index (χ0v) is 11.5. The molecule has 0 unspecified atom stereocenters. The van der Waals surface area contributed by atoms with Crippen LogP contribution in [0, 0.1) is 17.1 Å². The molecule has 0 atom stereocenters. The Bertz CT molecular complexity index is 562. The molecule has 7 heteroatoms. The Hall–Kier alpha value is -1.65. The summed E-state index contributed by atoms with van der Waals surface area (Å²) in [5.41, 5.74) is 0.774. The lowest BCUT2D eigenvalue weighted by Gasteiger charge is -1.93. The number of rotatable bonds is 2. The van der Waals surface area contributed by atoms with Crippen molar-refractivity contribution in [3.63, 3.8) is 0 Å². The van der Waals surface area contributed by atoms with Gasteiger partial charge in [0, 0.05) is 11.8 Å². The molecular formula is C11H11FN4S2. The van der Waals surface area contributed by atoms with E-state index in [0.29, 0.717) is 15.6 Å². The molecule has 2 heterocycles. The lowest BCUT2D eigenvalue weighted by Crippen LogP contribution is -1.83. The molecule has 0 spiro atoms. The van der Waals surface area contributed by atoms with Gasteiger partial charge in [0.15, 0.2) is 5.69 Å². The number of hydrogen-bond acceptors (Lipinski definition) is 6. The van der Waals surface area contributed by atoms with Gasteiger partial charge in [0.05, 0.1) is 6.20 Å². The van der Waals surface area contributed by atoms with Crippen molar-refractivity contribution in [3.05, 3.63) is 30.0 Å². The molecule has 2 aromatic heterocycles. The van der Waals surface area contributed by atoms with Crippen LogP contribution in [-0.2, 0) is 0 Å². The highest BCUT2D eigenvalue weighted by molar-refractivity contribution is 7.82. The molecule has 0 aliphatic rings. The van der Waals surface area contributed by atoms with Crippen molar-refractivity contribution in [2.24, 2.45) is 0 Å². The second-order valence-corrected chi connectivity index (χ2v) is 4.03. The Labute approximate surface area is 114 Å². The highest BCUT2D eigenvalue weighted by atomic mass is 32.1. The number of hydrogen-bond donors (Lipinski definition) is 2. The van der Waals surface area contributed by atoms with Crippen LogP contribution in [0.5, 0.6) is 0 Å². The number of pyridine rings is 1. The van der Waals surface area contributed by atoms with Crippen LogP contribution in [0.2, 0.25) is 0 Å². The van der Waals surface area contributed by atoms with E-state index < -0.39 is 5.82 Å². The van der Waals surface area contributed by atoms with Gasteiger partial charge in [-0.1, -0.05) is 38.0 Å². The first-order chi connectivity index (χ1) is 8.74. The summed E-state index contributed by atoms with van der Waals surface area (Å²) in [6.07, 6.45) is 2.60. The van der Waals surface area contributed by atoms with Crippen LogP contribution in [0.1, 0.15) is 19.5 Å². The summed E-state index contributed by atoms with van der Waals surface area (Å²) in [7, 11) is 0. The van der Waals surface area contributed by atoms with Crippen LogP contribution < -0.4 is 4.72 Å². The molecule has 1 N–H and O–H groups in total. The summed E-state index contributed by atoms with van der Waals surface area (Å²) in [5.74, 6) is -0.438. The summed E-state index contributed by atoms with van der Waals surface area (Å²) in [5, 5.41) is 9.86. The molecule has 4 nitrogen and oxygen atoms in total. The second-order valence-electron chi connectivity index (χ2n) is 2.81. The van der Waals surface area contributed by atoms with E-state index in [1.165, 1.54) is 23.6 Å². The largest absolute Gasteiger partial charge is 0.322 e. The van der Waals surface area contributed by atoms with Gasteiger partial charge in [-0.15, -0.1) is 0 Å². The summed E-state index contributed by atoms with van der Waals surface area (Å²) < 4.78 is 15.5. The predicted molar refractivity (Wildman–Crippen MR) is 74.0 cm³/mol. The maximum absolute atomic E-state index is 12.9. The van der Waals surface area contributed by atoms with Crippen molar-refractivity contribution in [1.82, 2.24) is 9.97 Å². The van der Waals surface area contributed by atoms with Crippen LogP contribution in [0.15, 0.2) is 18.5 Å². The molecule has 0 amide bonds. The molecule has 2 rings (SSSR count). The van der Waals surface area contributed by atoms with Crippen molar-refractivity contribution in [1.29, 1.82) is 5.26 Å². The molecule has 0 radical (unpaired) electrons. The van der Waals surface area contributed by atoms with Gasteiger partial charge in [0.2, 0.25) is 0 Å². The Morgan fingerprint density at radius 3 is 2.67 bits per heavy atom. The standard InChI is InChI=1S/C9H5FN4S2.C2H6/c10-6-1-5(3-12-4-6)8-13-7(2-11)9(14-15)16-8;1-2/h1,3-4,14-15H;1-2H3. The molecule has 2 aromatic rings. The summed E-state index contributed by atoms with van der Waals surface area (Å²) >= 11 is 5.08. The maximum atomic E-state index is 12.9. The molecule has 0 aliphatic carbocycles. The van der Waals surface area contributed by atoms with Crippen LogP contribution in [-0.4, -0.2) is 9.97 Å². The van der Waals surface area contributed by atoms with Crippen LogP contribution in [0.3, 0.4) is 0 Å². The number of thiol groups is 1. The smallest absolute Gasteiger partial charge is 0.176 e. The maximum Gasteiger partial charge on any atom is 0.176 e. The van der Waals surface area contributed by atoms with Gasteiger partial charge >= 0.3 is 0 Å². The predicted octanol–water partition coefficient (Wildman–Crippen LogP) is 3.50. The van der Waals surface area contributed by atoms with E-state index in [1.54, 1.807) is 0 Å². The quantitative estimate of drug-likeness (QED) is 0.828. The first-order valence-electron chi connectivity index (χ1n) is 5.16. The van der Waals surface area contributed by atoms with Crippen molar-refractivity contribution < 1.29 is 4.39 Å². The lowest BCUT2D eigenvalue weighted by molar-refractivity contribution is 0.622. The zero-order valence-electron chi connectivity index (χ0n) is 9.81. The minimum atomic E-state index is -0.438. The third-order valence-corrected chi connectivity index (χ3v) is 3.18. The number of nitrogens with zero attached hydrogens (tertiary/aromatic N) is 3. The van der Waals surface area contributed by atoms with Crippen LogP contribution in [0.25, 0.3) is 10.6 Å². The third kappa shape index (κ3) is 3.18. The fourth-order valence-corrected chi connectivity index (χ4v) is 2.16. The van der Waals surface area contributed by atoms with E-state index in [4.69, 9.17) is 5.26 Å². The Morgan fingerprint density at radius 1 is 1.44 bits per heavy atom.